The minimum Gasteiger partial charge on any atom is -0.493 e. The maximum absolute atomic E-state index is 13.8. The molecule has 1 aromatic heterocycles. The molecule has 0 aliphatic rings. The second kappa shape index (κ2) is 7.53. The van der Waals surface area contributed by atoms with E-state index in [1.165, 1.54) is 12.1 Å². The number of H-pyrrole nitrogens is 1. The van der Waals surface area contributed by atoms with E-state index in [4.69, 9.17) is 9.47 Å². The molecule has 1 N–H and O–H groups in total. The van der Waals surface area contributed by atoms with Gasteiger partial charge in [0.1, 0.15) is 17.3 Å². The summed E-state index contributed by atoms with van der Waals surface area (Å²) < 4.78 is 24.2. The van der Waals surface area contributed by atoms with Crippen molar-refractivity contribution < 1.29 is 18.7 Å². The molecule has 0 amide bonds. The zero-order chi connectivity index (χ0) is 15.9. The zero-order valence-corrected chi connectivity index (χ0v) is 12.6. The summed E-state index contributed by atoms with van der Waals surface area (Å²) in [5, 5.41) is 10.0. The third-order valence-electron chi connectivity index (χ3n) is 2.93. The van der Waals surface area contributed by atoms with Gasteiger partial charge in [-0.3, -0.25) is 0 Å². The van der Waals surface area contributed by atoms with Crippen LogP contribution in [0.3, 0.4) is 0 Å². The molecule has 6 nitrogen and oxygen atoms in total. The van der Waals surface area contributed by atoms with Gasteiger partial charge in [0.15, 0.2) is 5.69 Å². The van der Waals surface area contributed by atoms with Crippen molar-refractivity contribution in [3.05, 3.63) is 29.7 Å². The summed E-state index contributed by atoms with van der Waals surface area (Å²) in [5.41, 5.74) is 0.661. The van der Waals surface area contributed by atoms with Gasteiger partial charge in [-0.1, -0.05) is 13.3 Å². The molecule has 0 bridgehead atoms. The fraction of sp³-hybridized carbons (Fsp3) is 0.400. The average molecular weight is 307 g/mol. The number of nitrogens with zero attached hydrogens (tertiary/aromatic N) is 2. The minimum atomic E-state index is -0.607. The number of aromatic amines is 1. The van der Waals surface area contributed by atoms with Crippen molar-refractivity contribution in [3.8, 4) is 17.0 Å². The highest BCUT2D eigenvalue weighted by Crippen LogP contribution is 2.26. The van der Waals surface area contributed by atoms with Gasteiger partial charge in [0.25, 0.3) is 0 Å². The van der Waals surface area contributed by atoms with Crippen LogP contribution in [0.1, 0.15) is 37.2 Å². The predicted molar refractivity (Wildman–Crippen MR) is 78.1 cm³/mol. The molecule has 0 radical (unpaired) electrons. The Morgan fingerprint density at radius 3 is 2.82 bits per heavy atom. The summed E-state index contributed by atoms with van der Waals surface area (Å²) in [4.78, 5) is 11.8. The normalized spacial score (nSPS) is 10.5. The monoisotopic (exact) mass is 307 g/mol. The lowest BCUT2D eigenvalue weighted by molar-refractivity contribution is 0.0520. The van der Waals surface area contributed by atoms with Crippen LogP contribution in [-0.4, -0.2) is 34.6 Å². The Hall–Kier alpha value is -2.44. The van der Waals surface area contributed by atoms with Crippen LogP contribution in [0, 0.1) is 5.82 Å². The summed E-state index contributed by atoms with van der Waals surface area (Å²) in [5.74, 6) is -0.688. The van der Waals surface area contributed by atoms with Crippen LogP contribution in [0.4, 0.5) is 4.39 Å². The summed E-state index contributed by atoms with van der Waals surface area (Å²) in [6.07, 6.45) is 1.86. The van der Waals surface area contributed by atoms with E-state index in [1.54, 1.807) is 13.0 Å². The number of aromatic nitrogens is 3. The van der Waals surface area contributed by atoms with Crippen LogP contribution in [0.25, 0.3) is 11.3 Å². The van der Waals surface area contributed by atoms with E-state index in [2.05, 4.69) is 15.4 Å². The second-order valence-corrected chi connectivity index (χ2v) is 4.62. The molecule has 22 heavy (non-hydrogen) atoms. The zero-order valence-electron chi connectivity index (χ0n) is 12.6. The highest BCUT2D eigenvalue weighted by molar-refractivity contribution is 5.93. The molecule has 0 aliphatic carbocycles. The van der Waals surface area contributed by atoms with Crippen LogP contribution < -0.4 is 4.74 Å². The fourth-order valence-electron chi connectivity index (χ4n) is 1.89. The Balaban J connectivity index is 2.29. The predicted octanol–water partition coefficient (Wildman–Crippen LogP) is 2.97. The first-order chi connectivity index (χ1) is 10.7. The van der Waals surface area contributed by atoms with Crippen LogP contribution in [0.2, 0.25) is 0 Å². The largest absolute Gasteiger partial charge is 0.493 e. The van der Waals surface area contributed by atoms with Crippen LogP contribution in [-0.2, 0) is 4.74 Å². The van der Waals surface area contributed by atoms with Gasteiger partial charge < -0.3 is 9.47 Å². The van der Waals surface area contributed by atoms with E-state index in [0.29, 0.717) is 17.9 Å². The van der Waals surface area contributed by atoms with Gasteiger partial charge in [0.05, 0.1) is 13.2 Å². The number of ether oxygens (including phenoxy) is 2. The van der Waals surface area contributed by atoms with E-state index < -0.39 is 11.8 Å². The van der Waals surface area contributed by atoms with Crippen molar-refractivity contribution in [2.24, 2.45) is 0 Å². The average Bonchev–Trinajstić information content (AvgIpc) is 2.97. The smallest absolute Gasteiger partial charge is 0.361 e. The van der Waals surface area contributed by atoms with Gasteiger partial charge in [0, 0.05) is 11.6 Å². The number of unbranched alkanes of at least 4 members (excludes halogenated alkanes) is 1. The van der Waals surface area contributed by atoms with Crippen molar-refractivity contribution in [1.82, 2.24) is 15.4 Å². The number of rotatable bonds is 7. The third-order valence-corrected chi connectivity index (χ3v) is 2.93. The molecule has 2 rings (SSSR count). The number of carbonyl (C=O) groups is 1. The topological polar surface area (TPSA) is 77.1 Å². The fourth-order valence-corrected chi connectivity index (χ4v) is 1.89. The summed E-state index contributed by atoms with van der Waals surface area (Å²) >= 11 is 0. The number of nitrogens with one attached hydrogen (secondary N) is 1. The molecule has 1 aromatic carbocycles. The van der Waals surface area contributed by atoms with Gasteiger partial charge in [-0.05, 0) is 25.5 Å². The van der Waals surface area contributed by atoms with Crippen molar-refractivity contribution >= 4 is 5.97 Å². The number of carbonyl (C=O) groups excluding carboxylic acids is 1. The SMILES string of the molecule is CCCCOc1cc(F)cc(-c2n[nH]nc2C(=O)OCC)c1. The van der Waals surface area contributed by atoms with Gasteiger partial charge in [0.2, 0.25) is 0 Å². The van der Waals surface area contributed by atoms with Gasteiger partial charge in [-0.2, -0.15) is 10.3 Å². The Labute approximate surface area is 127 Å². The van der Waals surface area contributed by atoms with E-state index in [9.17, 15) is 9.18 Å². The van der Waals surface area contributed by atoms with E-state index in [0.717, 1.165) is 12.8 Å². The number of halogens is 1. The van der Waals surface area contributed by atoms with E-state index >= 15 is 0 Å². The maximum atomic E-state index is 13.8. The number of benzene rings is 1. The van der Waals surface area contributed by atoms with E-state index in [-0.39, 0.29) is 18.0 Å². The van der Waals surface area contributed by atoms with Gasteiger partial charge in [-0.15, -0.1) is 5.10 Å². The van der Waals surface area contributed by atoms with Crippen LogP contribution >= 0.6 is 0 Å². The third kappa shape index (κ3) is 3.81. The molecule has 0 atom stereocenters. The second-order valence-electron chi connectivity index (χ2n) is 4.62. The Kier molecular flexibility index (Phi) is 5.46. The maximum Gasteiger partial charge on any atom is 0.361 e. The van der Waals surface area contributed by atoms with Crippen LogP contribution in [0.15, 0.2) is 18.2 Å². The van der Waals surface area contributed by atoms with E-state index in [1.807, 2.05) is 6.92 Å². The highest BCUT2D eigenvalue weighted by atomic mass is 19.1. The molecular weight excluding hydrogens is 289 g/mol. The summed E-state index contributed by atoms with van der Waals surface area (Å²) in [6, 6.07) is 4.19. The Morgan fingerprint density at radius 1 is 1.27 bits per heavy atom. The molecule has 7 heteroatoms. The molecule has 0 saturated carbocycles. The summed E-state index contributed by atoms with van der Waals surface area (Å²) in [6.45, 7) is 4.46. The molecule has 0 saturated heterocycles. The van der Waals surface area contributed by atoms with Gasteiger partial charge >= 0.3 is 5.97 Å². The quantitative estimate of drug-likeness (QED) is 0.628. The standard InChI is InChI=1S/C15H18FN3O3/c1-3-5-6-22-12-8-10(7-11(16)9-12)13-14(18-19-17-13)15(20)21-4-2/h7-9H,3-6H2,1-2H3,(H,17,18,19). The Bertz CT molecular complexity index is 643. The molecule has 2 aromatic rings. The lowest BCUT2D eigenvalue weighted by Gasteiger charge is -2.07. The number of esters is 1. The molecule has 0 unspecified atom stereocenters. The molecule has 0 fully saturated rings. The molecular formula is C15H18FN3O3. The molecule has 0 spiro atoms. The molecule has 118 valence electrons. The lowest BCUT2D eigenvalue weighted by atomic mass is 10.1. The minimum absolute atomic E-state index is 0.0203. The lowest BCUT2D eigenvalue weighted by Crippen LogP contribution is -2.07. The van der Waals surface area contributed by atoms with Crippen molar-refractivity contribution in [1.29, 1.82) is 0 Å². The molecule has 1 heterocycles. The first-order valence-electron chi connectivity index (χ1n) is 7.17. The first kappa shape index (κ1) is 15.9. The molecule has 0 aliphatic heterocycles. The number of hydrogen-bond acceptors (Lipinski definition) is 5. The van der Waals surface area contributed by atoms with Crippen molar-refractivity contribution in [2.75, 3.05) is 13.2 Å². The van der Waals surface area contributed by atoms with Crippen LogP contribution in [0.5, 0.6) is 5.75 Å². The first-order valence-corrected chi connectivity index (χ1v) is 7.17. The highest BCUT2D eigenvalue weighted by Gasteiger charge is 2.20. The summed E-state index contributed by atoms with van der Waals surface area (Å²) in [7, 11) is 0. The van der Waals surface area contributed by atoms with Crippen molar-refractivity contribution in [3.63, 3.8) is 0 Å². The number of hydrogen-bond donors (Lipinski definition) is 1. The Morgan fingerprint density at radius 2 is 2.09 bits per heavy atom. The van der Waals surface area contributed by atoms with Crippen molar-refractivity contribution in [2.45, 2.75) is 26.7 Å². The van der Waals surface area contributed by atoms with Gasteiger partial charge in [-0.25, -0.2) is 9.18 Å².